The third-order valence-electron chi connectivity index (χ3n) is 7.85. The van der Waals surface area contributed by atoms with Gasteiger partial charge in [-0.25, -0.2) is 4.79 Å². The predicted molar refractivity (Wildman–Crippen MR) is 160 cm³/mol. The smallest absolute Gasteiger partial charge is 0.416 e. The molecule has 1 aromatic heterocycles. The largest absolute Gasteiger partial charge is 0.497 e. The van der Waals surface area contributed by atoms with Crippen LogP contribution in [-0.2, 0) is 12.4 Å². The highest BCUT2D eigenvalue weighted by Crippen LogP contribution is 2.38. The lowest BCUT2D eigenvalue weighted by Gasteiger charge is -2.34. The van der Waals surface area contributed by atoms with E-state index in [9.17, 15) is 35.9 Å². The fourth-order valence-corrected chi connectivity index (χ4v) is 5.34. The number of hydrogen-bond acceptors (Lipinski definition) is 3. The Labute approximate surface area is 261 Å². The monoisotopic (exact) mass is 644 g/mol. The van der Waals surface area contributed by atoms with Crippen LogP contribution in [0.3, 0.4) is 0 Å². The average Bonchev–Trinajstić information content (AvgIpc) is 3.36. The van der Waals surface area contributed by atoms with Gasteiger partial charge in [-0.15, -0.1) is 0 Å². The number of methoxy groups -OCH3 is 1. The van der Waals surface area contributed by atoms with Crippen LogP contribution in [0.25, 0.3) is 16.9 Å². The summed E-state index contributed by atoms with van der Waals surface area (Å²) in [5.41, 5.74) is 1.02. The number of urea groups is 1. The Hall–Kier alpha value is -4.94. The van der Waals surface area contributed by atoms with Crippen LogP contribution in [0.2, 0.25) is 0 Å². The van der Waals surface area contributed by atoms with Crippen molar-refractivity contribution in [2.75, 3.05) is 38.6 Å². The molecule has 7 nitrogen and oxygen atoms in total. The molecule has 0 aliphatic carbocycles. The number of amides is 3. The number of benzene rings is 3. The first-order valence-corrected chi connectivity index (χ1v) is 14.2. The molecule has 0 bridgehead atoms. The minimum Gasteiger partial charge on any atom is -0.497 e. The molecular formula is C33H30F6N4O3. The number of rotatable bonds is 5. The number of aromatic nitrogens is 1. The van der Waals surface area contributed by atoms with Crippen LogP contribution in [0.4, 0.5) is 36.8 Å². The summed E-state index contributed by atoms with van der Waals surface area (Å²) in [5.74, 6) is 0.409. The number of halogens is 6. The van der Waals surface area contributed by atoms with Crippen LogP contribution in [0.5, 0.6) is 5.75 Å². The van der Waals surface area contributed by atoms with E-state index in [1.807, 2.05) is 73.0 Å². The van der Waals surface area contributed by atoms with Gasteiger partial charge >= 0.3 is 18.4 Å². The van der Waals surface area contributed by atoms with Gasteiger partial charge in [0.2, 0.25) is 0 Å². The van der Waals surface area contributed by atoms with E-state index in [1.165, 1.54) is 4.90 Å². The minimum atomic E-state index is -5.05. The highest BCUT2D eigenvalue weighted by molar-refractivity contribution is 5.98. The predicted octanol–water partition coefficient (Wildman–Crippen LogP) is 7.80. The van der Waals surface area contributed by atoms with Gasteiger partial charge in [-0.2, -0.15) is 26.3 Å². The van der Waals surface area contributed by atoms with E-state index in [1.54, 1.807) is 12.0 Å². The van der Waals surface area contributed by atoms with Crippen LogP contribution in [0.1, 0.15) is 32.7 Å². The Balaban J connectivity index is 1.34. The third-order valence-corrected chi connectivity index (χ3v) is 7.85. The number of carbonyl (C=O) groups is 2. The molecule has 0 unspecified atom stereocenters. The quantitative estimate of drug-likeness (QED) is 0.226. The van der Waals surface area contributed by atoms with Gasteiger partial charge in [0, 0.05) is 43.2 Å². The molecule has 0 saturated carbocycles. The van der Waals surface area contributed by atoms with E-state index in [4.69, 9.17) is 4.74 Å². The lowest BCUT2D eigenvalue weighted by Crippen LogP contribution is -2.51. The maximum atomic E-state index is 13.8. The summed E-state index contributed by atoms with van der Waals surface area (Å²) in [6.07, 6.45) is -10.1. The fourth-order valence-electron chi connectivity index (χ4n) is 5.34. The van der Waals surface area contributed by atoms with E-state index in [0.29, 0.717) is 29.1 Å². The van der Waals surface area contributed by atoms with Gasteiger partial charge in [-0.1, -0.05) is 17.7 Å². The second kappa shape index (κ2) is 12.5. The van der Waals surface area contributed by atoms with Crippen LogP contribution >= 0.6 is 0 Å². The van der Waals surface area contributed by atoms with E-state index >= 15 is 0 Å². The number of nitrogens with zero attached hydrogens (tertiary/aromatic N) is 3. The Morgan fingerprint density at radius 1 is 0.739 bits per heavy atom. The molecular weight excluding hydrogens is 614 g/mol. The number of anilines is 1. The molecule has 13 heteroatoms. The normalized spacial score (nSPS) is 13.9. The summed E-state index contributed by atoms with van der Waals surface area (Å²) < 4.78 is 86.8. The lowest BCUT2D eigenvalue weighted by molar-refractivity contribution is -0.143. The van der Waals surface area contributed by atoms with Crippen LogP contribution in [0, 0.1) is 13.8 Å². The van der Waals surface area contributed by atoms with E-state index < -0.39 is 35.2 Å². The maximum Gasteiger partial charge on any atom is 0.416 e. The van der Waals surface area contributed by atoms with Crippen LogP contribution < -0.4 is 10.1 Å². The number of nitrogens with one attached hydrogen (secondary N) is 1. The van der Waals surface area contributed by atoms with Crippen molar-refractivity contribution in [3.8, 4) is 22.7 Å². The Kier molecular flexibility index (Phi) is 8.78. The molecule has 5 rings (SSSR count). The number of aryl methyl sites for hydroxylation is 1. The molecule has 0 atom stereocenters. The standard InChI is InChI=1S/C33H30F6N4O3/c1-20-4-8-26(9-5-20)43-21(2)28(19-29(43)22-6-10-27(46-3)11-7-22)30(44)41-12-14-42(15-13-41)31(45)40-25-17-23(32(34,35)36)16-24(18-25)33(37,38)39/h4-11,16-19H,12-15H2,1-3H3,(H,40,45). The van der Waals surface area contributed by atoms with Gasteiger partial charge in [0.25, 0.3) is 5.91 Å². The SMILES string of the molecule is COc1ccc(-c2cc(C(=O)N3CCN(C(=O)Nc4cc(C(F)(F)F)cc(C(F)(F)F)c4)CC3)c(C)n2-c2ccc(C)cc2)cc1. The van der Waals surface area contributed by atoms with Gasteiger partial charge in [0.15, 0.2) is 0 Å². The molecule has 3 amide bonds. The molecule has 46 heavy (non-hydrogen) atoms. The van der Waals surface area contributed by atoms with E-state index in [2.05, 4.69) is 5.32 Å². The molecule has 1 N–H and O–H groups in total. The van der Waals surface area contributed by atoms with Crippen molar-refractivity contribution in [3.05, 3.63) is 101 Å². The van der Waals surface area contributed by atoms with Crippen molar-refractivity contribution in [2.24, 2.45) is 0 Å². The van der Waals surface area contributed by atoms with E-state index in [0.717, 1.165) is 22.5 Å². The first-order valence-electron chi connectivity index (χ1n) is 14.2. The number of piperazine rings is 1. The van der Waals surface area contributed by atoms with E-state index in [-0.39, 0.29) is 38.2 Å². The fraction of sp³-hybridized carbons (Fsp3) is 0.273. The van der Waals surface area contributed by atoms with Crippen molar-refractivity contribution < 1.29 is 40.7 Å². The highest BCUT2D eigenvalue weighted by Gasteiger charge is 2.37. The molecule has 1 aliphatic rings. The zero-order chi connectivity index (χ0) is 33.4. The lowest BCUT2D eigenvalue weighted by atomic mass is 10.1. The van der Waals surface area contributed by atoms with Crippen molar-refractivity contribution in [2.45, 2.75) is 26.2 Å². The van der Waals surface area contributed by atoms with Crippen LogP contribution in [0.15, 0.2) is 72.8 Å². The van der Waals surface area contributed by atoms with Crippen molar-refractivity contribution in [1.82, 2.24) is 14.4 Å². The van der Waals surface area contributed by atoms with Crippen molar-refractivity contribution in [3.63, 3.8) is 0 Å². The maximum absolute atomic E-state index is 13.8. The average molecular weight is 645 g/mol. The summed E-state index contributed by atoms with van der Waals surface area (Å²) in [5, 5.41) is 2.15. The number of ether oxygens (including phenoxy) is 1. The van der Waals surface area contributed by atoms with Crippen molar-refractivity contribution in [1.29, 1.82) is 0 Å². The first kappa shape index (κ1) is 32.5. The first-order chi connectivity index (χ1) is 21.7. The minimum absolute atomic E-state index is 0.00576. The molecule has 2 heterocycles. The summed E-state index contributed by atoms with van der Waals surface area (Å²) in [6.45, 7) is 4.07. The van der Waals surface area contributed by atoms with Crippen molar-refractivity contribution >= 4 is 17.6 Å². The van der Waals surface area contributed by atoms with Gasteiger partial charge in [0.05, 0.1) is 29.5 Å². The summed E-state index contributed by atoms with van der Waals surface area (Å²) in [7, 11) is 1.57. The topological polar surface area (TPSA) is 66.8 Å². The van der Waals surface area contributed by atoms with Gasteiger partial charge in [0.1, 0.15) is 5.75 Å². The Bertz CT molecular complexity index is 1710. The summed E-state index contributed by atoms with van der Waals surface area (Å²) in [6, 6.07) is 17.1. The second-order valence-corrected chi connectivity index (χ2v) is 10.9. The van der Waals surface area contributed by atoms with Gasteiger partial charge < -0.3 is 24.4 Å². The Morgan fingerprint density at radius 3 is 1.80 bits per heavy atom. The summed E-state index contributed by atoms with van der Waals surface area (Å²) >= 11 is 0. The Morgan fingerprint density at radius 2 is 1.28 bits per heavy atom. The molecule has 1 saturated heterocycles. The second-order valence-electron chi connectivity index (χ2n) is 10.9. The number of carbonyl (C=O) groups excluding carboxylic acids is 2. The molecule has 0 radical (unpaired) electrons. The zero-order valence-electron chi connectivity index (χ0n) is 25.1. The molecule has 242 valence electrons. The van der Waals surface area contributed by atoms with Crippen LogP contribution in [-0.4, -0.2) is 59.6 Å². The molecule has 3 aromatic carbocycles. The zero-order valence-corrected chi connectivity index (χ0v) is 25.1. The van der Waals surface area contributed by atoms with Gasteiger partial charge in [-0.3, -0.25) is 4.79 Å². The molecule has 4 aromatic rings. The molecule has 1 aliphatic heterocycles. The van der Waals surface area contributed by atoms with Gasteiger partial charge in [-0.05, 0) is 80.1 Å². The number of hydrogen-bond donors (Lipinski definition) is 1. The molecule has 1 fully saturated rings. The molecule has 0 spiro atoms. The number of alkyl halides is 6. The third kappa shape index (κ3) is 6.82. The highest BCUT2D eigenvalue weighted by atomic mass is 19.4. The summed E-state index contributed by atoms with van der Waals surface area (Å²) in [4.78, 5) is 29.5.